The van der Waals surface area contributed by atoms with Crippen LogP contribution in [0, 0.1) is 0 Å². The minimum atomic E-state index is 0.101. The molecule has 6 nitrogen and oxygen atoms in total. The summed E-state index contributed by atoms with van der Waals surface area (Å²) in [4.78, 5) is 24.5. The van der Waals surface area contributed by atoms with E-state index in [1.807, 2.05) is 29.2 Å². The van der Waals surface area contributed by atoms with Gasteiger partial charge in [0.15, 0.2) is 0 Å². The van der Waals surface area contributed by atoms with Crippen molar-refractivity contribution in [3.8, 4) is 16.9 Å². The van der Waals surface area contributed by atoms with Crippen molar-refractivity contribution in [2.75, 3.05) is 31.1 Å². The molecule has 0 spiro atoms. The number of piperazine rings is 1. The van der Waals surface area contributed by atoms with Crippen LogP contribution in [0.4, 0.5) is 5.82 Å². The van der Waals surface area contributed by atoms with Crippen LogP contribution in [-0.4, -0.2) is 52.1 Å². The van der Waals surface area contributed by atoms with E-state index in [0.29, 0.717) is 18.1 Å². The third kappa shape index (κ3) is 3.40. The largest absolute Gasteiger partial charge is 0.508 e. The van der Waals surface area contributed by atoms with Crippen molar-refractivity contribution in [1.82, 2.24) is 14.9 Å². The standard InChI is InChI=1S/C20H19ClN4O2/c1-13(26)24-6-8-25(9-7-24)20-17-10-16(14-2-4-15(27)5-3-14)18(21)11-19(17)22-12-23-20/h2-5,10-12,27H,6-9H2,1H3. The van der Waals surface area contributed by atoms with Gasteiger partial charge >= 0.3 is 0 Å². The molecule has 0 unspecified atom stereocenters. The number of nitrogens with zero attached hydrogens (tertiary/aromatic N) is 4. The summed E-state index contributed by atoms with van der Waals surface area (Å²) in [5, 5.41) is 11.0. The van der Waals surface area contributed by atoms with Crippen LogP contribution in [0.1, 0.15) is 6.92 Å². The van der Waals surface area contributed by atoms with E-state index in [4.69, 9.17) is 11.6 Å². The fraction of sp³-hybridized carbons (Fsp3) is 0.250. The summed E-state index contributed by atoms with van der Waals surface area (Å²) in [7, 11) is 0. The zero-order valence-corrected chi connectivity index (χ0v) is 15.6. The quantitative estimate of drug-likeness (QED) is 0.736. The summed E-state index contributed by atoms with van der Waals surface area (Å²) in [6, 6.07) is 10.8. The number of rotatable bonds is 2. The van der Waals surface area contributed by atoms with E-state index in [2.05, 4.69) is 14.9 Å². The lowest BCUT2D eigenvalue weighted by molar-refractivity contribution is -0.129. The summed E-state index contributed by atoms with van der Waals surface area (Å²) in [6.07, 6.45) is 1.55. The van der Waals surface area contributed by atoms with Crippen molar-refractivity contribution in [1.29, 1.82) is 0 Å². The molecule has 4 rings (SSSR count). The Balaban J connectivity index is 1.75. The van der Waals surface area contributed by atoms with E-state index in [1.54, 1.807) is 25.4 Å². The molecule has 2 heterocycles. The molecule has 1 fully saturated rings. The van der Waals surface area contributed by atoms with E-state index in [0.717, 1.165) is 40.9 Å². The van der Waals surface area contributed by atoms with Crippen LogP contribution in [0.25, 0.3) is 22.0 Å². The summed E-state index contributed by atoms with van der Waals surface area (Å²) in [6.45, 7) is 4.41. The number of benzene rings is 2. The van der Waals surface area contributed by atoms with E-state index < -0.39 is 0 Å². The van der Waals surface area contributed by atoms with Crippen molar-refractivity contribution >= 4 is 34.2 Å². The summed E-state index contributed by atoms with van der Waals surface area (Å²) < 4.78 is 0. The van der Waals surface area contributed by atoms with Crippen LogP contribution in [-0.2, 0) is 4.79 Å². The number of hydrogen-bond acceptors (Lipinski definition) is 5. The smallest absolute Gasteiger partial charge is 0.219 e. The number of phenolic OH excluding ortho intramolecular Hbond substituents is 1. The van der Waals surface area contributed by atoms with Gasteiger partial charge in [0.25, 0.3) is 0 Å². The zero-order chi connectivity index (χ0) is 19.0. The van der Waals surface area contributed by atoms with Crippen LogP contribution in [0.15, 0.2) is 42.7 Å². The molecule has 1 aliphatic heterocycles. The Kier molecular flexibility index (Phi) is 4.58. The Hall–Kier alpha value is -2.86. The number of amides is 1. The van der Waals surface area contributed by atoms with Crippen molar-refractivity contribution < 1.29 is 9.90 Å². The van der Waals surface area contributed by atoms with Gasteiger partial charge in [0, 0.05) is 44.1 Å². The molecular formula is C20H19ClN4O2. The molecular weight excluding hydrogens is 364 g/mol. The Morgan fingerprint density at radius 1 is 1.07 bits per heavy atom. The molecule has 1 saturated heterocycles. The fourth-order valence-electron chi connectivity index (χ4n) is 3.41. The molecule has 1 N–H and O–H groups in total. The van der Waals surface area contributed by atoms with Gasteiger partial charge in [0.2, 0.25) is 5.91 Å². The van der Waals surface area contributed by atoms with Crippen molar-refractivity contribution in [3.05, 3.63) is 47.7 Å². The lowest BCUT2D eigenvalue weighted by Crippen LogP contribution is -2.48. The van der Waals surface area contributed by atoms with E-state index in [1.165, 1.54) is 0 Å². The van der Waals surface area contributed by atoms with Crippen LogP contribution >= 0.6 is 11.6 Å². The monoisotopic (exact) mass is 382 g/mol. The van der Waals surface area contributed by atoms with Crippen LogP contribution in [0.2, 0.25) is 5.02 Å². The number of halogens is 1. The molecule has 0 atom stereocenters. The Morgan fingerprint density at radius 3 is 2.44 bits per heavy atom. The first-order chi connectivity index (χ1) is 13.0. The highest BCUT2D eigenvalue weighted by Gasteiger charge is 2.21. The number of aromatic hydroxyl groups is 1. The minimum Gasteiger partial charge on any atom is -0.508 e. The van der Waals surface area contributed by atoms with Crippen LogP contribution in [0.5, 0.6) is 5.75 Å². The molecule has 0 aliphatic carbocycles. The highest BCUT2D eigenvalue weighted by Crippen LogP contribution is 2.35. The lowest BCUT2D eigenvalue weighted by atomic mass is 10.0. The lowest BCUT2D eigenvalue weighted by Gasteiger charge is -2.35. The molecule has 1 amide bonds. The predicted molar refractivity (Wildman–Crippen MR) is 106 cm³/mol. The maximum Gasteiger partial charge on any atom is 0.219 e. The molecule has 27 heavy (non-hydrogen) atoms. The average molecular weight is 383 g/mol. The van der Waals surface area contributed by atoms with E-state index >= 15 is 0 Å². The summed E-state index contributed by atoms with van der Waals surface area (Å²) in [5.41, 5.74) is 2.56. The van der Waals surface area contributed by atoms with Gasteiger partial charge in [0.1, 0.15) is 17.9 Å². The second-order valence-electron chi connectivity index (χ2n) is 6.59. The van der Waals surface area contributed by atoms with Gasteiger partial charge in [-0.15, -0.1) is 0 Å². The second kappa shape index (κ2) is 7.04. The first kappa shape index (κ1) is 17.5. The maximum absolute atomic E-state index is 11.6. The molecule has 7 heteroatoms. The number of carbonyl (C=O) groups is 1. The van der Waals surface area contributed by atoms with Crippen LogP contribution < -0.4 is 4.90 Å². The fourth-order valence-corrected chi connectivity index (χ4v) is 3.68. The molecule has 0 radical (unpaired) electrons. The Morgan fingerprint density at radius 2 is 1.78 bits per heavy atom. The van der Waals surface area contributed by atoms with Gasteiger partial charge in [-0.3, -0.25) is 4.79 Å². The third-order valence-corrected chi connectivity index (χ3v) is 5.22. The molecule has 0 bridgehead atoms. The van der Waals surface area contributed by atoms with Gasteiger partial charge in [-0.1, -0.05) is 23.7 Å². The summed E-state index contributed by atoms with van der Waals surface area (Å²) in [5.74, 6) is 1.16. The number of hydrogen-bond donors (Lipinski definition) is 1. The van der Waals surface area contributed by atoms with Gasteiger partial charge in [-0.2, -0.15) is 0 Å². The Bertz CT molecular complexity index is 999. The third-order valence-electron chi connectivity index (χ3n) is 4.91. The molecule has 1 aromatic heterocycles. The van der Waals surface area contributed by atoms with Crippen molar-refractivity contribution in [2.45, 2.75) is 6.92 Å². The zero-order valence-electron chi connectivity index (χ0n) is 14.9. The van der Waals surface area contributed by atoms with Gasteiger partial charge in [0.05, 0.1) is 10.5 Å². The minimum absolute atomic E-state index is 0.101. The number of phenols is 1. The predicted octanol–water partition coefficient (Wildman–Crippen LogP) is 3.32. The van der Waals surface area contributed by atoms with Gasteiger partial charge in [-0.25, -0.2) is 9.97 Å². The SMILES string of the molecule is CC(=O)N1CCN(c2ncnc3cc(Cl)c(-c4ccc(O)cc4)cc23)CC1. The van der Waals surface area contributed by atoms with Crippen molar-refractivity contribution in [3.63, 3.8) is 0 Å². The van der Waals surface area contributed by atoms with E-state index in [9.17, 15) is 9.90 Å². The first-order valence-electron chi connectivity index (χ1n) is 8.77. The Labute approximate surface area is 162 Å². The van der Waals surface area contributed by atoms with E-state index in [-0.39, 0.29) is 11.7 Å². The average Bonchev–Trinajstić information content (AvgIpc) is 2.68. The topological polar surface area (TPSA) is 69.6 Å². The van der Waals surface area contributed by atoms with Crippen molar-refractivity contribution in [2.24, 2.45) is 0 Å². The van der Waals surface area contributed by atoms with Gasteiger partial charge < -0.3 is 14.9 Å². The number of anilines is 1. The second-order valence-corrected chi connectivity index (χ2v) is 6.99. The maximum atomic E-state index is 11.6. The number of aromatic nitrogens is 2. The number of carbonyl (C=O) groups excluding carboxylic acids is 1. The normalized spacial score (nSPS) is 14.6. The van der Waals surface area contributed by atoms with Gasteiger partial charge in [-0.05, 0) is 29.8 Å². The molecule has 3 aromatic rings. The summed E-state index contributed by atoms with van der Waals surface area (Å²) >= 11 is 6.49. The molecule has 2 aromatic carbocycles. The molecule has 138 valence electrons. The highest BCUT2D eigenvalue weighted by molar-refractivity contribution is 6.34. The highest BCUT2D eigenvalue weighted by atomic mass is 35.5. The molecule has 1 aliphatic rings. The number of fused-ring (bicyclic) bond motifs is 1. The van der Waals surface area contributed by atoms with Crippen LogP contribution in [0.3, 0.4) is 0 Å². The molecule has 0 saturated carbocycles. The first-order valence-corrected chi connectivity index (χ1v) is 9.15.